The summed E-state index contributed by atoms with van der Waals surface area (Å²) in [4.78, 5) is 32.8. The Bertz CT molecular complexity index is 1060. The van der Waals surface area contributed by atoms with Crippen molar-refractivity contribution in [2.24, 2.45) is 10.7 Å². The lowest BCUT2D eigenvalue weighted by molar-refractivity contribution is -0.119. The number of carbonyl (C=O) groups is 2. The van der Waals surface area contributed by atoms with Crippen LogP contribution in [0.2, 0.25) is 5.02 Å². The normalized spacial score (nSPS) is 23.6. The summed E-state index contributed by atoms with van der Waals surface area (Å²) < 4.78 is 28.2. The molecule has 1 aliphatic rings. The minimum atomic E-state index is -1.31. The molecule has 0 fully saturated rings. The van der Waals surface area contributed by atoms with Crippen LogP contribution in [0.25, 0.3) is 0 Å². The topological polar surface area (TPSA) is 97.4 Å². The summed E-state index contributed by atoms with van der Waals surface area (Å²) in [7, 11) is 0. The number of aromatic nitrogens is 1. The van der Waals surface area contributed by atoms with Crippen molar-refractivity contribution in [1.29, 1.82) is 0 Å². The van der Waals surface area contributed by atoms with Crippen LogP contribution >= 0.6 is 23.4 Å². The van der Waals surface area contributed by atoms with Gasteiger partial charge in [0.1, 0.15) is 11.5 Å². The van der Waals surface area contributed by atoms with Crippen LogP contribution in [-0.2, 0) is 10.3 Å². The number of hydrogen-bond donors (Lipinski definition) is 2. The zero-order chi connectivity index (χ0) is 22.3. The summed E-state index contributed by atoms with van der Waals surface area (Å²) in [5, 5.41) is 2.95. The molecule has 10 heteroatoms. The number of amides is 1. The number of nitrogens with two attached hydrogens (primary N) is 1. The second kappa shape index (κ2) is 7.96. The quantitative estimate of drug-likeness (QED) is 0.721. The number of pyridine rings is 1. The minimum absolute atomic E-state index is 0.0170. The molecule has 1 amide bonds. The molecule has 0 radical (unpaired) electrons. The predicted molar refractivity (Wildman–Crippen MR) is 114 cm³/mol. The number of Topliss-reactive ketones (excluding diaryl/α,β-unsaturated/α-hetero) is 1. The molecule has 158 valence electrons. The lowest BCUT2D eigenvalue weighted by Crippen LogP contribution is -2.44. The number of hydrogen-bond acceptors (Lipinski definition) is 6. The van der Waals surface area contributed by atoms with Gasteiger partial charge in [0.2, 0.25) is 0 Å². The van der Waals surface area contributed by atoms with E-state index < -0.39 is 27.8 Å². The van der Waals surface area contributed by atoms with Crippen LogP contribution in [0.15, 0.2) is 35.5 Å². The average molecular weight is 453 g/mol. The Labute approximate surface area is 181 Å². The maximum Gasteiger partial charge on any atom is 0.274 e. The van der Waals surface area contributed by atoms with E-state index in [0.29, 0.717) is 5.02 Å². The number of benzene rings is 1. The number of halogens is 3. The molecule has 0 saturated heterocycles. The molecule has 30 heavy (non-hydrogen) atoms. The highest BCUT2D eigenvalue weighted by atomic mass is 35.5. The number of nitrogens with zero attached hydrogens (tertiary/aromatic N) is 2. The summed E-state index contributed by atoms with van der Waals surface area (Å²) >= 11 is 6.85. The van der Waals surface area contributed by atoms with E-state index in [1.54, 1.807) is 13.8 Å². The van der Waals surface area contributed by atoms with Crippen molar-refractivity contribution in [1.82, 2.24) is 4.98 Å². The third-order valence-corrected chi connectivity index (χ3v) is 6.35. The summed E-state index contributed by atoms with van der Waals surface area (Å²) in [6, 6.07) is 5.05. The molecule has 1 aromatic carbocycles. The molecule has 6 nitrogen and oxygen atoms in total. The van der Waals surface area contributed by atoms with Gasteiger partial charge in [-0.2, -0.15) is 0 Å². The van der Waals surface area contributed by atoms with Crippen LogP contribution in [0.1, 0.15) is 43.2 Å². The first-order chi connectivity index (χ1) is 13.9. The summed E-state index contributed by atoms with van der Waals surface area (Å²) in [6.07, 6.45) is 1.40. The van der Waals surface area contributed by atoms with Gasteiger partial charge in [0.25, 0.3) is 5.91 Å². The summed E-state index contributed by atoms with van der Waals surface area (Å²) in [5.41, 5.74) is 4.56. The third-order valence-electron chi connectivity index (χ3n) is 4.94. The molecule has 1 aliphatic heterocycles. The van der Waals surface area contributed by atoms with Crippen LogP contribution < -0.4 is 11.1 Å². The number of anilines is 1. The molecule has 0 aliphatic carbocycles. The monoisotopic (exact) mass is 452 g/mol. The van der Waals surface area contributed by atoms with Gasteiger partial charge in [-0.1, -0.05) is 23.4 Å². The van der Waals surface area contributed by atoms with Crippen molar-refractivity contribution in [3.63, 3.8) is 0 Å². The van der Waals surface area contributed by atoms with E-state index in [1.165, 1.54) is 31.3 Å². The van der Waals surface area contributed by atoms with E-state index in [1.807, 2.05) is 0 Å². The maximum absolute atomic E-state index is 14.8. The molecule has 0 spiro atoms. The van der Waals surface area contributed by atoms with Gasteiger partial charge in [-0.05, 0) is 45.4 Å². The fraction of sp³-hybridized carbons (Fsp3) is 0.300. The van der Waals surface area contributed by atoms with Gasteiger partial charge in [0.05, 0.1) is 15.3 Å². The lowest BCUT2D eigenvalue weighted by atomic mass is 9.81. The van der Waals surface area contributed by atoms with Crippen molar-refractivity contribution < 1.29 is 18.4 Å². The number of nitrogens with one attached hydrogen (secondary N) is 1. The molecule has 0 bridgehead atoms. The minimum Gasteiger partial charge on any atom is -0.378 e. The van der Waals surface area contributed by atoms with Crippen LogP contribution in [0, 0.1) is 11.6 Å². The molecule has 0 saturated carbocycles. The Morgan fingerprint density at radius 1 is 1.27 bits per heavy atom. The molecular formula is C20H19ClF2N4O2S. The number of ketones is 1. The molecule has 0 unspecified atom stereocenters. The van der Waals surface area contributed by atoms with Crippen LogP contribution in [0.4, 0.5) is 14.5 Å². The van der Waals surface area contributed by atoms with Gasteiger partial charge in [-0.25, -0.2) is 13.8 Å². The van der Waals surface area contributed by atoms with E-state index in [-0.39, 0.29) is 34.3 Å². The number of rotatable bonds is 4. The van der Waals surface area contributed by atoms with Crippen LogP contribution in [0.5, 0.6) is 0 Å². The van der Waals surface area contributed by atoms with E-state index in [9.17, 15) is 18.4 Å². The summed E-state index contributed by atoms with van der Waals surface area (Å²) in [5.74, 6) is -3.06. The first kappa shape index (κ1) is 22.2. The average Bonchev–Trinajstić information content (AvgIpc) is 2.63. The molecular weight excluding hydrogens is 434 g/mol. The fourth-order valence-corrected chi connectivity index (χ4v) is 4.66. The zero-order valence-corrected chi connectivity index (χ0v) is 18.0. The highest BCUT2D eigenvalue weighted by Gasteiger charge is 2.46. The van der Waals surface area contributed by atoms with Crippen LogP contribution in [-0.4, -0.2) is 26.6 Å². The van der Waals surface area contributed by atoms with Gasteiger partial charge in [-0.15, -0.1) is 0 Å². The van der Waals surface area contributed by atoms with Crippen molar-refractivity contribution in [3.05, 3.63) is 58.4 Å². The SMILES string of the molecule is CC(=O)[C@@]1(C)C[C@@](C)(c2cc(NC(=O)c3ccc(Cl)cn3)cc(F)c2F)N=C(N)S1. The largest absolute Gasteiger partial charge is 0.378 e. The molecule has 3 N–H and O–H groups in total. The number of thioether (sulfide) groups is 1. The predicted octanol–water partition coefficient (Wildman–Crippen LogP) is 4.28. The highest BCUT2D eigenvalue weighted by molar-refractivity contribution is 8.15. The first-order valence-electron chi connectivity index (χ1n) is 8.91. The summed E-state index contributed by atoms with van der Waals surface area (Å²) in [6.45, 7) is 4.68. The first-order valence-corrected chi connectivity index (χ1v) is 10.1. The van der Waals surface area contributed by atoms with Gasteiger partial charge in [-0.3, -0.25) is 14.6 Å². The Hall–Kier alpha value is -2.52. The number of aliphatic imine (C=N–C) groups is 1. The second-order valence-corrected chi connectivity index (χ2v) is 9.39. The molecule has 2 heterocycles. The smallest absolute Gasteiger partial charge is 0.274 e. The standard InChI is InChI=1S/C20H19ClF2N4O2S/c1-10(28)20(3)9-19(2,27-18(24)30-20)13-6-12(7-14(22)16(13)23)26-17(29)15-5-4-11(21)8-25-15/h4-8H,9H2,1-3H3,(H2,24,27)(H,26,29)/t19-,20+/m0/s1. The third kappa shape index (κ3) is 4.32. The second-order valence-electron chi connectivity index (χ2n) is 7.43. The fourth-order valence-electron chi connectivity index (χ4n) is 3.34. The van der Waals surface area contributed by atoms with E-state index >= 15 is 0 Å². The maximum atomic E-state index is 14.8. The van der Waals surface area contributed by atoms with Crippen molar-refractivity contribution in [2.45, 2.75) is 37.5 Å². The molecule has 2 atom stereocenters. The van der Waals surface area contributed by atoms with Crippen molar-refractivity contribution in [3.8, 4) is 0 Å². The Morgan fingerprint density at radius 3 is 2.57 bits per heavy atom. The van der Waals surface area contributed by atoms with Gasteiger partial charge in [0, 0.05) is 23.5 Å². The van der Waals surface area contributed by atoms with Crippen molar-refractivity contribution in [2.75, 3.05) is 5.32 Å². The highest BCUT2D eigenvalue weighted by Crippen LogP contribution is 2.46. The molecule has 2 aromatic rings. The van der Waals surface area contributed by atoms with Crippen LogP contribution in [0.3, 0.4) is 0 Å². The Morgan fingerprint density at radius 2 is 1.97 bits per heavy atom. The van der Waals surface area contributed by atoms with E-state index in [4.69, 9.17) is 17.3 Å². The lowest BCUT2D eigenvalue weighted by Gasteiger charge is -2.40. The number of amidine groups is 1. The van der Waals surface area contributed by atoms with Crippen molar-refractivity contribution >= 4 is 45.9 Å². The van der Waals surface area contributed by atoms with E-state index in [0.717, 1.165) is 17.8 Å². The Kier molecular flexibility index (Phi) is 5.88. The van der Waals surface area contributed by atoms with Gasteiger partial charge >= 0.3 is 0 Å². The Balaban J connectivity index is 2.01. The van der Waals surface area contributed by atoms with Gasteiger partial charge < -0.3 is 11.1 Å². The van der Waals surface area contributed by atoms with E-state index in [2.05, 4.69) is 15.3 Å². The molecule has 3 rings (SSSR count). The molecule has 1 aromatic heterocycles. The number of carbonyl (C=O) groups excluding carboxylic acids is 2. The van der Waals surface area contributed by atoms with Gasteiger partial charge in [0.15, 0.2) is 16.8 Å². The zero-order valence-electron chi connectivity index (χ0n) is 16.4.